The van der Waals surface area contributed by atoms with Crippen LogP contribution in [0.1, 0.15) is 45.5 Å². The molecule has 2 aromatic carbocycles. The minimum absolute atomic E-state index is 0.154. The molecule has 2 amide bonds. The first-order chi connectivity index (χ1) is 13.1. The summed E-state index contributed by atoms with van der Waals surface area (Å²) in [7, 11) is 0. The molecule has 142 valence electrons. The molecule has 1 aliphatic heterocycles. The summed E-state index contributed by atoms with van der Waals surface area (Å²) >= 11 is 0. The highest BCUT2D eigenvalue weighted by molar-refractivity contribution is 6.09. The highest BCUT2D eigenvalue weighted by Gasteiger charge is 2.16. The van der Waals surface area contributed by atoms with Crippen LogP contribution in [0.4, 0.5) is 5.69 Å². The summed E-state index contributed by atoms with van der Waals surface area (Å²) < 4.78 is 0. The Morgan fingerprint density at radius 3 is 2.74 bits per heavy atom. The predicted octanol–water partition coefficient (Wildman–Crippen LogP) is 3.37. The Kier molecular flexibility index (Phi) is 6.60. The van der Waals surface area contributed by atoms with E-state index in [9.17, 15) is 9.59 Å². The van der Waals surface area contributed by atoms with Crippen LogP contribution in [0.25, 0.3) is 0 Å². The largest absolute Gasteiger partial charge is 0.352 e. The number of hydrogen-bond donors (Lipinski definition) is 3. The normalized spacial score (nSPS) is 16.6. The van der Waals surface area contributed by atoms with Crippen molar-refractivity contribution in [2.24, 2.45) is 5.92 Å². The van der Waals surface area contributed by atoms with Crippen LogP contribution in [-0.4, -0.2) is 31.4 Å². The molecule has 1 heterocycles. The van der Waals surface area contributed by atoms with Crippen LogP contribution >= 0.6 is 0 Å². The first-order valence-corrected chi connectivity index (χ1v) is 9.59. The van der Waals surface area contributed by atoms with E-state index in [4.69, 9.17) is 0 Å². The van der Waals surface area contributed by atoms with Crippen molar-refractivity contribution in [2.45, 2.75) is 26.2 Å². The zero-order chi connectivity index (χ0) is 19.1. The highest BCUT2D eigenvalue weighted by Crippen LogP contribution is 2.17. The Bertz CT molecular complexity index is 798. The lowest BCUT2D eigenvalue weighted by molar-refractivity contribution is 0.0951. The Morgan fingerprint density at radius 1 is 1.11 bits per heavy atom. The topological polar surface area (TPSA) is 70.2 Å². The first kappa shape index (κ1) is 19.1. The van der Waals surface area contributed by atoms with Gasteiger partial charge >= 0.3 is 0 Å². The molecule has 1 unspecified atom stereocenters. The van der Waals surface area contributed by atoms with Crippen molar-refractivity contribution in [2.75, 3.05) is 25.0 Å². The molecule has 1 atom stereocenters. The van der Waals surface area contributed by atoms with E-state index in [2.05, 4.69) is 16.0 Å². The van der Waals surface area contributed by atoms with E-state index in [0.717, 1.165) is 25.1 Å². The lowest BCUT2D eigenvalue weighted by Gasteiger charge is -2.22. The van der Waals surface area contributed by atoms with Gasteiger partial charge in [-0.3, -0.25) is 9.59 Å². The molecule has 0 aromatic heterocycles. The van der Waals surface area contributed by atoms with Gasteiger partial charge < -0.3 is 16.0 Å². The fourth-order valence-electron chi connectivity index (χ4n) is 3.43. The third-order valence-electron chi connectivity index (χ3n) is 4.94. The van der Waals surface area contributed by atoms with Crippen LogP contribution in [0.2, 0.25) is 0 Å². The van der Waals surface area contributed by atoms with Crippen molar-refractivity contribution in [3.05, 3.63) is 65.2 Å². The number of anilines is 1. The maximum absolute atomic E-state index is 12.6. The van der Waals surface area contributed by atoms with Crippen LogP contribution in [0, 0.1) is 12.8 Å². The molecule has 0 radical (unpaired) electrons. The average molecular weight is 365 g/mol. The minimum Gasteiger partial charge on any atom is -0.352 e. The first-order valence-electron chi connectivity index (χ1n) is 9.59. The number of nitrogens with one attached hydrogen (secondary N) is 3. The van der Waals surface area contributed by atoms with Gasteiger partial charge in [-0.1, -0.05) is 29.8 Å². The van der Waals surface area contributed by atoms with E-state index in [1.165, 1.54) is 12.8 Å². The summed E-state index contributed by atoms with van der Waals surface area (Å²) in [5.41, 5.74) is 2.61. The van der Waals surface area contributed by atoms with Crippen molar-refractivity contribution in [1.29, 1.82) is 0 Å². The highest BCUT2D eigenvalue weighted by atomic mass is 16.2. The number of hydrogen-bond acceptors (Lipinski definition) is 3. The summed E-state index contributed by atoms with van der Waals surface area (Å²) in [5.74, 6) is 0.251. The second kappa shape index (κ2) is 9.33. The predicted molar refractivity (Wildman–Crippen MR) is 108 cm³/mol. The molecule has 3 rings (SSSR count). The van der Waals surface area contributed by atoms with Crippen molar-refractivity contribution < 1.29 is 9.59 Å². The maximum atomic E-state index is 12.6. The Morgan fingerprint density at radius 2 is 1.96 bits per heavy atom. The second-order valence-electron chi connectivity index (χ2n) is 7.13. The number of amides is 2. The SMILES string of the molecule is Cc1cccc(C(=O)Nc2ccccc2C(=O)NCCC2CCCNC2)c1. The van der Waals surface area contributed by atoms with Crippen molar-refractivity contribution in [1.82, 2.24) is 10.6 Å². The molecule has 0 aliphatic carbocycles. The number of benzene rings is 2. The van der Waals surface area contributed by atoms with Gasteiger partial charge in [-0.05, 0) is 69.5 Å². The molecule has 5 heteroatoms. The van der Waals surface area contributed by atoms with Gasteiger partial charge in [0.15, 0.2) is 0 Å². The quantitative estimate of drug-likeness (QED) is 0.735. The van der Waals surface area contributed by atoms with Gasteiger partial charge in [0.25, 0.3) is 11.8 Å². The molecule has 2 aromatic rings. The molecule has 27 heavy (non-hydrogen) atoms. The van der Waals surface area contributed by atoms with E-state index in [1.807, 2.05) is 37.3 Å². The molecule has 0 spiro atoms. The van der Waals surface area contributed by atoms with Gasteiger partial charge in [0, 0.05) is 12.1 Å². The van der Waals surface area contributed by atoms with Gasteiger partial charge in [-0.2, -0.15) is 0 Å². The van der Waals surface area contributed by atoms with Gasteiger partial charge in [0.2, 0.25) is 0 Å². The monoisotopic (exact) mass is 365 g/mol. The number of rotatable bonds is 6. The van der Waals surface area contributed by atoms with Crippen molar-refractivity contribution in [3.63, 3.8) is 0 Å². The molecule has 1 aliphatic rings. The standard InChI is InChI=1S/C22H27N3O2/c1-16-6-4-8-18(14-16)21(26)25-20-10-3-2-9-19(20)22(27)24-13-11-17-7-5-12-23-15-17/h2-4,6,8-10,14,17,23H,5,7,11-13,15H2,1H3,(H,24,27)(H,25,26). The summed E-state index contributed by atoms with van der Waals surface area (Å²) in [6.45, 7) is 4.71. The van der Waals surface area contributed by atoms with Crippen LogP contribution in [0.15, 0.2) is 48.5 Å². The van der Waals surface area contributed by atoms with Crippen LogP contribution in [-0.2, 0) is 0 Å². The summed E-state index contributed by atoms with van der Waals surface area (Å²) in [6.07, 6.45) is 3.38. The molecular weight excluding hydrogens is 338 g/mol. The van der Waals surface area contributed by atoms with E-state index in [1.54, 1.807) is 18.2 Å². The van der Waals surface area contributed by atoms with Crippen LogP contribution < -0.4 is 16.0 Å². The molecule has 3 N–H and O–H groups in total. The second-order valence-corrected chi connectivity index (χ2v) is 7.13. The van der Waals surface area contributed by atoms with Gasteiger partial charge in [0.05, 0.1) is 11.3 Å². The summed E-state index contributed by atoms with van der Waals surface area (Å²) in [4.78, 5) is 25.1. The molecule has 0 saturated carbocycles. The maximum Gasteiger partial charge on any atom is 0.255 e. The lowest BCUT2D eigenvalue weighted by Crippen LogP contribution is -2.33. The Labute approximate surface area is 160 Å². The number of piperidine rings is 1. The van der Waals surface area contributed by atoms with E-state index < -0.39 is 0 Å². The number of para-hydroxylation sites is 1. The van der Waals surface area contributed by atoms with Crippen LogP contribution in [0.5, 0.6) is 0 Å². The molecule has 1 fully saturated rings. The minimum atomic E-state index is -0.216. The van der Waals surface area contributed by atoms with E-state index in [-0.39, 0.29) is 11.8 Å². The summed E-state index contributed by atoms with van der Waals surface area (Å²) in [5, 5.41) is 9.25. The summed E-state index contributed by atoms with van der Waals surface area (Å²) in [6, 6.07) is 14.5. The van der Waals surface area contributed by atoms with Crippen molar-refractivity contribution in [3.8, 4) is 0 Å². The van der Waals surface area contributed by atoms with Crippen LogP contribution in [0.3, 0.4) is 0 Å². The fourth-order valence-corrected chi connectivity index (χ4v) is 3.43. The average Bonchev–Trinajstić information content (AvgIpc) is 2.69. The molecule has 0 bridgehead atoms. The van der Waals surface area contributed by atoms with Crippen molar-refractivity contribution >= 4 is 17.5 Å². The Balaban J connectivity index is 1.60. The zero-order valence-electron chi connectivity index (χ0n) is 15.8. The molecular formula is C22H27N3O2. The zero-order valence-corrected chi connectivity index (χ0v) is 15.8. The number of aryl methyl sites for hydroxylation is 1. The van der Waals surface area contributed by atoms with Gasteiger partial charge in [-0.25, -0.2) is 0 Å². The number of carbonyl (C=O) groups is 2. The third kappa shape index (κ3) is 5.41. The lowest BCUT2D eigenvalue weighted by atomic mass is 9.96. The number of carbonyl (C=O) groups excluding carboxylic acids is 2. The van der Waals surface area contributed by atoms with E-state index in [0.29, 0.717) is 29.3 Å². The van der Waals surface area contributed by atoms with Gasteiger partial charge in [0.1, 0.15) is 0 Å². The fraction of sp³-hybridized carbons (Fsp3) is 0.364. The molecule has 5 nitrogen and oxygen atoms in total. The molecule has 1 saturated heterocycles. The Hall–Kier alpha value is -2.66. The smallest absolute Gasteiger partial charge is 0.255 e. The van der Waals surface area contributed by atoms with Gasteiger partial charge in [-0.15, -0.1) is 0 Å². The third-order valence-corrected chi connectivity index (χ3v) is 4.94. The van der Waals surface area contributed by atoms with E-state index >= 15 is 0 Å².